The van der Waals surface area contributed by atoms with Crippen LogP contribution in [0.15, 0.2) is 17.1 Å². The van der Waals surface area contributed by atoms with Gasteiger partial charge in [-0.05, 0) is 18.9 Å². The van der Waals surface area contributed by atoms with E-state index < -0.39 is 5.97 Å². The number of aryl methyl sites for hydroxylation is 1. The predicted octanol–water partition coefficient (Wildman–Crippen LogP) is 3.15. The van der Waals surface area contributed by atoms with Gasteiger partial charge >= 0.3 is 5.97 Å². The minimum absolute atomic E-state index is 0. The Morgan fingerprint density at radius 3 is 2.63 bits per heavy atom. The molecule has 4 nitrogen and oxygen atoms in total. The number of thiophene rings is 1. The van der Waals surface area contributed by atoms with Crippen LogP contribution in [0.4, 0.5) is 0 Å². The van der Waals surface area contributed by atoms with Crippen LogP contribution in [0.2, 0.25) is 0 Å². The van der Waals surface area contributed by atoms with Crippen molar-refractivity contribution in [2.45, 2.75) is 27.3 Å². The fourth-order valence-electron chi connectivity index (χ4n) is 2.06. The van der Waals surface area contributed by atoms with Crippen LogP contribution in [-0.4, -0.2) is 15.6 Å². The lowest BCUT2D eigenvalue weighted by Gasteiger charge is -2.08. The second kappa shape index (κ2) is 5.75. The summed E-state index contributed by atoms with van der Waals surface area (Å²) in [6.07, 6.45) is 1.74. The molecule has 104 valence electrons. The molecule has 0 atom stereocenters. The number of rotatable bonds is 3. The highest BCUT2D eigenvalue weighted by molar-refractivity contribution is 7.19. The van der Waals surface area contributed by atoms with E-state index >= 15 is 0 Å². The standard InChI is InChI=1S/C13H15NO3S.ClH/c1-7(2)6-14-5-4-9-11(12(14)15)10(13(16)17)8(3)18-9;/h4-5,7H,6H2,1-3H3,(H,16,17);1H. The number of aromatic carboxylic acids is 1. The topological polar surface area (TPSA) is 59.3 Å². The lowest BCUT2D eigenvalue weighted by Crippen LogP contribution is -2.22. The van der Waals surface area contributed by atoms with E-state index in [9.17, 15) is 14.7 Å². The van der Waals surface area contributed by atoms with Gasteiger partial charge in [0, 0.05) is 22.3 Å². The Morgan fingerprint density at radius 2 is 2.11 bits per heavy atom. The number of fused-ring (bicyclic) bond motifs is 1. The van der Waals surface area contributed by atoms with Crippen LogP contribution in [0.3, 0.4) is 0 Å². The zero-order chi connectivity index (χ0) is 13.4. The SMILES string of the molecule is Cc1sc2ccn(CC(C)C)c(=O)c2c1C(=O)O.Cl. The van der Waals surface area contributed by atoms with Crippen molar-refractivity contribution in [2.24, 2.45) is 5.92 Å². The van der Waals surface area contributed by atoms with E-state index in [-0.39, 0.29) is 23.5 Å². The molecule has 0 radical (unpaired) electrons. The third-order valence-corrected chi connectivity index (χ3v) is 3.84. The van der Waals surface area contributed by atoms with Crippen LogP contribution in [0, 0.1) is 12.8 Å². The Balaban J connectivity index is 0.00000180. The van der Waals surface area contributed by atoms with Gasteiger partial charge in [-0.2, -0.15) is 0 Å². The average molecular weight is 302 g/mol. The van der Waals surface area contributed by atoms with Gasteiger partial charge in [0.05, 0.1) is 10.9 Å². The normalized spacial score (nSPS) is 10.7. The monoisotopic (exact) mass is 301 g/mol. The minimum atomic E-state index is -1.03. The van der Waals surface area contributed by atoms with E-state index in [1.165, 1.54) is 11.3 Å². The van der Waals surface area contributed by atoms with Crippen LogP contribution in [0.5, 0.6) is 0 Å². The van der Waals surface area contributed by atoms with Crippen LogP contribution < -0.4 is 5.56 Å². The fraction of sp³-hybridized carbons (Fsp3) is 0.385. The maximum Gasteiger partial charge on any atom is 0.337 e. The highest BCUT2D eigenvalue weighted by Gasteiger charge is 2.19. The molecule has 0 amide bonds. The van der Waals surface area contributed by atoms with Crippen LogP contribution in [0.25, 0.3) is 10.1 Å². The van der Waals surface area contributed by atoms with Gasteiger partial charge in [-0.15, -0.1) is 23.7 Å². The summed E-state index contributed by atoms with van der Waals surface area (Å²) in [7, 11) is 0. The molecule has 2 aromatic rings. The van der Waals surface area contributed by atoms with Gasteiger partial charge in [0.2, 0.25) is 0 Å². The molecule has 0 aliphatic heterocycles. The number of carboxylic acids is 1. The van der Waals surface area contributed by atoms with Crippen LogP contribution >= 0.6 is 23.7 Å². The first kappa shape index (κ1) is 15.7. The summed E-state index contributed by atoms with van der Waals surface area (Å²) in [5.41, 5.74) is -0.0546. The molecule has 0 fully saturated rings. The molecule has 2 heterocycles. The predicted molar refractivity (Wildman–Crippen MR) is 79.9 cm³/mol. The zero-order valence-electron chi connectivity index (χ0n) is 11.0. The Labute approximate surface area is 121 Å². The van der Waals surface area contributed by atoms with Gasteiger partial charge in [0.15, 0.2) is 0 Å². The smallest absolute Gasteiger partial charge is 0.337 e. The molecule has 19 heavy (non-hydrogen) atoms. The number of nitrogens with zero attached hydrogens (tertiary/aromatic N) is 1. The van der Waals surface area contributed by atoms with Crippen molar-refractivity contribution in [1.29, 1.82) is 0 Å². The van der Waals surface area contributed by atoms with Crippen molar-refractivity contribution in [1.82, 2.24) is 4.57 Å². The van der Waals surface area contributed by atoms with Gasteiger partial charge < -0.3 is 9.67 Å². The first-order valence-corrected chi connectivity index (χ1v) is 6.59. The van der Waals surface area contributed by atoms with E-state index in [2.05, 4.69) is 0 Å². The van der Waals surface area contributed by atoms with Crippen molar-refractivity contribution in [3.63, 3.8) is 0 Å². The third-order valence-electron chi connectivity index (χ3n) is 2.77. The third kappa shape index (κ3) is 2.82. The second-order valence-electron chi connectivity index (χ2n) is 4.74. The molecule has 1 N–H and O–H groups in total. The number of carboxylic acid groups (broad SMARTS) is 1. The molecule has 0 saturated heterocycles. The molecular weight excluding hydrogens is 286 g/mol. The largest absolute Gasteiger partial charge is 0.478 e. The summed E-state index contributed by atoms with van der Waals surface area (Å²) in [5, 5.41) is 9.55. The van der Waals surface area contributed by atoms with Crippen molar-refractivity contribution < 1.29 is 9.90 Å². The number of halogens is 1. The van der Waals surface area contributed by atoms with Crippen LogP contribution in [-0.2, 0) is 6.54 Å². The molecule has 0 unspecified atom stereocenters. The van der Waals surface area contributed by atoms with Crippen molar-refractivity contribution in [3.05, 3.63) is 33.1 Å². The molecule has 0 bridgehead atoms. The van der Waals surface area contributed by atoms with Crippen molar-refractivity contribution in [3.8, 4) is 0 Å². The summed E-state index contributed by atoms with van der Waals surface area (Å²) in [4.78, 5) is 24.2. The summed E-state index contributed by atoms with van der Waals surface area (Å²) >= 11 is 1.35. The highest BCUT2D eigenvalue weighted by Crippen LogP contribution is 2.28. The Hall–Kier alpha value is -1.33. The number of carbonyl (C=O) groups is 1. The number of pyridine rings is 1. The summed E-state index contributed by atoms with van der Waals surface area (Å²) < 4.78 is 2.33. The maximum absolute atomic E-state index is 12.3. The molecule has 2 rings (SSSR count). The van der Waals surface area contributed by atoms with Crippen molar-refractivity contribution >= 4 is 39.8 Å². The second-order valence-corrected chi connectivity index (χ2v) is 6.00. The van der Waals surface area contributed by atoms with E-state index in [1.807, 2.05) is 19.9 Å². The van der Waals surface area contributed by atoms with Crippen LogP contribution in [0.1, 0.15) is 29.1 Å². The quantitative estimate of drug-likeness (QED) is 0.947. The van der Waals surface area contributed by atoms with Gasteiger partial charge in [-0.1, -0.05) is 13.8 Å². The fourth-order valence-corrected chi connectivity index (χ4v) is 3.10. The van der Waals surface area contributed by atoms with E-state index in [4.69, 9.17) is 0 Å². The van der Waals surface area contributed by atoms with E-state index in [0.29, 0.717) is 22.7 Å². The lowest BCUT2D eigenvalue weighted by atomic mass is 10.1. The summed E-state index contributed by atoms with van der Waals surface area (Å²) in [6.45, 7) is 6.38. The molecule has 0 aliphatic rings. The molecule has 6 heteroatoms. The van der Waals surface area contributed by atoms with Gasteiger partial charge in [-0.25, -0.2) is 4.79 Å². The number of aromatic nitrogens is 1. The first-order chi connectivity index (χ1) is 8.41. The average Bonchev–Trinajstić information content (AvgIpc) is 2.59. The Kier molecular flexibility index (Phi) is 4.76. The van der Waals surface area contributed by atoms with Gasteiger partial charge in [0.25, 0.3) is 5.56 Å². The van der Waals surface area contributed by atoms with Gasteiger partial charge in [-0.3, -0.25) is 4.79 Å². The van der Waals surface area contributed by atoms with E-state index in [0.717, 1.165) is 4.70 Å². The Bertz CT molecular complexity index is 672. The first-order valence-electron chi connectivity index (χ1n) is 5.77. The number of hydrogen-bond donors (Lipinski definition) is 1. The molecule has 2 aromatic heterocycles. The summed E-state index contributed by atoms with van der Waals surface area (Å²) in [5.74, 6) is -0.689. The number of hydrogen-bond acceptors (Lipinski definition) is 3. The Morgan fingerprint density at radius 1 is 1.47 bits per heavy atom. The maximum atomic E-state index is 12.3. The van der Waals surface area contributed by atoms with Gasteiger partial charge in [0.1, 0.15) is 0 Å². The molecular formula is C13H16ClNO3S. The molecule has 0 saturated carbocycles. The molecule has 0 aromatic carbocycles. The van der Waals surface area contributed by atoms with Crippen molar-refractivity contribution in [2.75, 3.05) is 0 Å². The lowest BCUT2D eigenvalue weighted by molar-refractivity contribution is 0.0699. The summed E-state index contributed by atoms with van der Waals surface area (Å²) in [6, 6.07) is 1.82. The molecule has 0 aliphatic carbocycles. The minimum Gasteiger partial charge on any atom is -0.478 e. The van der Waals surface area contributed by atoms with E-state index in [1.54, 1.807) is 17.7 Å². The zero-order valence-corrected chi connectivity index (χ0v) is 12.6. The molecule has 0 spiro atoms. The highest BCUT2D eigenvalue weighted by atomic mass is 35.5.